The maximum absolute atomic E-state index is 13.9. The first-order chi connectivity index (χ1) is 20.9. The van der Waals surface area contributed by atoms with E-state index in [4.69, 9.17) is 0 Å². The lowest BCUT2D eigenvalue weighted by Gasteiger charge is -2.14. The summed E-state index contributed by atoms with van der Waals surface area (Å²) in [5, 5.41) is 7.05. The van der Waals surface area contributed by atoms with E-state index in [9.17, 15) is 19.2 Å². The Morgan fingerprint density at radius 2 is 0.791 bits per heavy atom. The molecule has 3 aromatic heterocycles. The van der Waals surface area contributed by atoms with Crippen LogP contribution in [0.5, 0.6) is 0 Å². The maximum atomic E-state index is 13.9. The van der Waals surface area contributed by atoms with Crippen LogP contribution in [-0.4, -0.2) is 13.7 Å². The first-order valence-electron chi connectivity index (χ1n) is 15.6. The van der Waals surface area contributed by atoms with Crippen LogP contribution in [0, 0.1) is 0 Å². The van der Waals surface area contributed by atoms with Gasteiger partial charge in [-0.15, -0.1) is 0 Å². The normalized spacial score (nSPS) is 12.3. The fraction of sp³-hybridized carbons (Fsp3) is 0.333. The second-order valence-electron chi connectivity index (χ2n) is 11.8. The zero-order valence-electron chi connectivity index (χ0n) is 25.0. The average molecular weight is 574 g/mol. The number of rotatable bonds is 9. The number of aryl methyl sites for hydroxylation is 1. The molecule has 0 unspecified atom stereocenters. The smallest absolute Gasteiger partial charge is 0.261 e. The Hall–Kier alpha value is -4.52. The second kappa shape index (κ2) is 10.3. The van der Waals surface area contributed by atoms with E-state index >= 15 is 0 Å². The molecule has 0 fully saturated rings. The van der Waals surface area contributed by atoms with Gasteiger partial charge in [0.2, 0.25) is 0 Å². The van der Waals surface area contributed by atoms with Gasteiger partial charge in [0.05, 0.1) is 11.0 Å². The molecule has 4 aromatic carbocycles. The summed E-state index contributed by atoms with van der Waals surface area (Å²) < 4.78 is 5.06. The summed E-state index contributed by atoms with van der Waals surface area (Å²) in [5.74, 6) is 0. The van der Waals surface area contributed by atoms with Crippen molar-refractivity contribution in [2.75, 3.05) is 0 Å². The van der Waals surface area contributed by atoms with Crippen molar-refractivity contribution in [1.82, 2.24) is 13.7 Å². The maximum Gasteiger partial charge on any atom is 0.261 e. The van der Waals surface area contributed by atoms with Gasteiger partial charge in [-0.05, 0) is 43.5 Å². The Morgan fingerprint density at radius 3 is 1.19 bits per heavy atom. The lowest BCUT2D eigenvalue weighted by Crippen LogP contribution is -2.33. The van der Waals surface area contributed by atoms with Crippen LogP contribution in [0.2, 0.25) is 0 Å². The van der Waals surface area contributed by atoms with Crippen molar-refractivity contribution < 1.29 is 0 Å². The number of aromatic nitrogens is 3. The average Bonchev–Trinajstić information content (AvgIpc) is 3.34. The minimum absolute atomic E-state index is 0.244. The van der Waals surface area contributed by atoms with E-state index in [1.807, 2.05) is 62.4 Å². The van der Waals surface area contributed by atoms with Crippen LogP contribution in [0.1, 0.15) is 59.3 Å². The monoisotopic (exact) mass is 573 g/mol. The molecule has 218 valence electrons. The molecule has 0 N–H and O–H groups in total. The van der Waals surface area contributed by atoms with Crippen LogP contribution >= 0.6 is 0 Å². The number of unbranched alkanes of at least 4 members (excludes halogenated alkanes) is 3. The molecule has 0 aliphatic rings. The largest absolute Gasteiger partial charge is 0.339 e. The summed E-state index contributed by atoms with van der Waals surface area (Å²) >= 11 is 0. The molecule has 7 rings (SSSR count). The molecule has 0 saturated carbocycles. The van der Waals surface area contributed by atoms with Crippen molar-refractivity contribution in [2.24, 2.45) is 0 Å². The van der Waals surface area contributed by atoms with Crippen LogP contribution in [0.4, 0.5) is 0 Å². The molecule has 0 amide bonds. The van der Waals surface area contributed by atoms with E-state index in [0.29, 0.717) is 45.4 Å². The predicted octanol–water partition coefficient (Wildman–Crippen LogP) is 6.73. The minimum atomic E-state index is -0.268. The number of pyridine rings is 2. The highest BCUT2D eigenvalue weighted by atomic mass is 16.2. The van der Waals surface area contributed by atoms with Gasteiger partial charge in [-0.2, -0.15) is 0 Å². The summed E-state index contributed by atoms with van der Waals surface area (Å²) in [5.41, 5.74) is 0.886. The molecular formula is C36H35N3O4. The molecule has 43 heavy (non-hydrogen) atoms. The van der Waals surface area contributed by atoms with Gasteiger partial charge in [0.15, 0.2) is 0 Å². The summed E-state index contributed by atoms with van der Waals surface area (Å²) in [6, 6.07) is 15.3. The first-order valence-corrected chi connectivity index (χ1v) is 15.6. The molecule has 3 heterocycles. The van der Waals surface area contributed by atoms with Crippen molar-refractivity contribution >= 4 is 64.9 Å². The Balaban J connectivity index is 1.74. The molecule has 7 nitrogen and oxygen atoms in total. The van der Waals surface area contributed by atoms with Gasteiger partial charge in [-0.1, -0.05) is 64.3 Å². The van der Waals surface area contributed by atoms with Crippen LogP contribution in [-0.2, 0) is 19.6 Å². The molecule has 0 spiro atoms. The lowest BCUT2D eigenvalue weighted by atomic mass is 9.96. The number of benzene rings is 4. The van der Waals surface area contributed by atoms with Crippen molar-refractivity contribution in [2.45, 2.75) is 78.9 Å². The van der Waals surface area contributed by atoms with Gasteiger partial charge in [-0.25, -0.2) is 0 Å². The highest BCUT2D eigenvalue weighted by molar-refractivity contribution is 6.31. The molecule has 0 aliphatic heterocycles. The molecule has 0 atom stereocenters. The van der Waals surface area contributed by atoms with Gasteiger partial charge in [-0.3, -0.25) is 28.3 Å². The van der Waals surface area contributed by atoms with Gasteiger partial charge in [0, 0.05) is 73.5 Å². The molecule has 7 aromatic rings. The van der Waals surface area contributed by atoms with E-state index in [1.165, 1.54) is 9.13 Å². The fourth-order valence-corrected chi connectivity index (χ4v) is 7.08. The Morgan fingerprint density at radius 1 is 0.442 bits per heavy atom. The SMILES string of the molecule is CCCCn1c(=O)c2cccc3c2c(cc2c4cc5c(=O)n(CCCC)c(=O)c6cccc(c65)c4n(CCCC)c23)c1=O. The topological polar surface area (TPSA) is 83.1 Å². The van der Waals surface area contributed by atoms with Crippen molar-refractivity contribution in [3.63, 3.8) is 0 Å². The Labute approximate surface area is 247 Å². The Kier molecular flexibility index (Phi) is 6.56. The number of hydrogen-bond donors (Lipinski definition) is 0. The summed E-state index contributed by atoms with van der Waals surface area (Å²) in [6.07, 6.45) is 5.15. The van der Waals surface area contributed by atoms with E-state index in [-0.39, 0.29) is 22.2 Å². The van der Waals surface area contributed by atoms with Crippen LogP contribution in [0.15, 0.2) is 67.7 Å². The Bertz CT molecular complexity index is 2280. The summed E-state index contributed by atoms with van der Waals surface area (Å²) in [7, 11) is 0. The molecular weight excluding hydrogens is 538 g/mol. The third kappa shape index (κ3) is 3.80. The van der Waals surface area contributed by atoms with E-state index in [2.05, 4.69) is 11.5 Å². The second-order valence-corrected chi connectivity index (χ2v) is 11.8. The zero-order chi connectivity index (χ0) is 30.0. The van der Waals surface area contributed by atoms with Crippen molar-refractivity contribution in [3.8, 4) is 0 Å². The third-order valence-corrected chi connectivity index (χ3v) is 9.20. The molecule has 7 heteroatoms. The van der Waals surface area contributed by atoms with Crippen LogP contribution in [0.3, 0.4) is 0 Å². The van der Waals surface area contributed by atoms with Crippen molar-refractivity contribution in [3.05, 3.63) is 89.9 Å². The molecule has 0 bridgehead atoms. The number of hydrogen-bond acceptors (Lipinski definition) is 4. The van der Waals surface area contributed by atoms with Gasteiger partial charge < -0.3 is 4.57 Å². The minimum Gasteiger partial charge on any atom is -0.339 e. The van der Waals surface area contributed by atoms with E-state index < -0.39 is 0 Å². The first kappa shape index (κ1) is 27.3. The van der Waals surface area contributed by atoms with E-state index in [1.54, 1.807) is 0 Å². The van der Waals surface area contributed by atoms with Crippen LogP contribution < -0.4 is 22.2 Å². The highest BCUT2D eigenvalue weighted by Crippen LogP contribution is 2.41. The summed E-state index contributed by atoms with van der Waals surface area (Å²) in [4.78, 5) is 55.0. The quantitative estimate of drug-likeness (QED) is 0.192. The van der Waals surface area contributed by atoms with E-state index in [0.717, 1.165) is 77.6 Å². The molecule has 0 radical (unpaired) electrons. The van der Waals surface area contributed by atoms with Gasteiger partial charge in [0.25, 0.3) is 22.2 Å². The summed E-state index contributed by atoms with van der Waals surface area (Å²) in [6.45, 7) is 7.73. The molecule has 0 aliphatic carbocycles. The lowest BCUT2D eigenvalue weighted by molar-refractivity contribution is 0.604. The number of fused-ring (bicyclic) bond motifs is 5. The van der Waals surface area contributed by atoms with Crippen LogP contribution in [0.25, 0.3) is 64.9 Å². The number of nitrogens with zero attached hydrogens (tertiary/aromatic N) is 3. The highest BCUT2D eigenvalue weighted by Gasteiger charge is 2.24. The zero-order valence-corrected chi connectivity index (χ0v) is 25.0. The fourth-order valence-electron chi connectivity index (χ4n) is 7.08. The van der Waals surface area contributed by atoms with Gasteiger partial charge in [0.1, 0.15) is 0 Å². The standard InChI is InChI=1S/C36H35N3O4/c1-4-7-16-37-31-21-12-10-14-23-29(21)27(35(42)38(33(23)40)17-8-5-2)19-25(31)26-20-28-30-22(32(26)37)13-11-15-24(30)34(41)39(36(28)43)18-9-6-3/h10-15,19-20H,4-9,16-18H2,1-3H3. The van der Waals surface area contributed by atoms with Gasteiger partial charge >= 0.3 is 0 Å². The van der Waals surface area contributed by atoms with Crippen molar-refractivity contribution in [1.29, 1.82) is 0 Å². The third-order valence-electron chi connectivity index (χ3n) is 9.20. The predicted molar refractivity (Wildman–Crippen MR) is 178 cm³/mol. The molecule has 0 saturated heterocycles.